The van der Waals surface area contributed by atoms with Crippen molar-refractivity contribution in [2.75, 3.05) is 31.1 Å². The van der Waals surface area contributed by atoms with Crippen molar-refractivity contribution in [2.45, 2.75) is 25.7 Å². The van der Waals surface area contributed by atoms with Crippen LogP contribution in [0.2, 0.25) is 0 Å². The summed E-state index contributed by atoms with van der Waals surface area (Å²) in [7, 11) is 0. The van der Waals surface area contributed by atoms with E-state index in [1.165, 1.54) is 18.4 Å². The molecular weight excluding hydrogens is 216 g/mol. The molecule has 0 aromatic carbocycles. The van der Waals surface area contributed by atoms with Gasteiger partial charge in [-0.05, 0) is 25.8 Å². The third kappa shape index (κ3) is 2.07. The Bertz CT molecular complexity index is 462. The molecule has 1 aromatic rings. The highest BCUT2D eigenvalue weighted by molar-refractivity contribution is 5.50. The monoisotopic (exact) mass is 234 g/mol. The van der Waals surface area contributed by atoms with Gasteiger partial charge in [0.15, 0.2) is 0 Å². The average molecular weight is 234 g/mol. The van der Waals surface area contributed by atoms with Gasteiger partial charge in [0.05, 0.1) is 0 Å². The van der Waals surface area contributed by atoms with E-state index in [4.69, 9.17) is 0 Å². The van der Waals surface area contributed by atoms with Gasteiger partial charge in [0, 0.05) is 37.3 Å². The Kier molecular flexibility index (Phi) is 2.84. The summed E-state index contributed by atoms with van der Waals surface area (Å²) >= 11 is 0. The molecule has 1 aromatic heterocycles. The van der Waals surface area contributed by atoms with Crippen LogP contribution < -0.4 is 15.9 Å². The fourth-order valence-corrected chi connectivity index (χ4v) is 2.75. The molecule has 0 saturated carbocycles. The fourth-order valence-electron chi connectivity index (χ4n) is 2.75. The van der Waals surface area contributed by atoms with Crippen molar-refractivity contribution in [2.24, 2.45) is 0 Å². The number of rotatable bonds is 1. The molecule has 3 rings (SSSR count). The van der Waals surface area contributed by atoms with Crippen molar-refractivity contribution in [3.05, 3.63) is 21.7 Å². The predicted molar refractivity (Wildman–Crippen MR) is 66.6 cm³/mol. The van der Waals surface area contributed by atoms with E-state index in [9.17, 15) is 4.79 Å². The highest BCUT2D eigenvalue weighted by Gasteiger charge is 2.21. The van der Waals surface area contributed by atoms with Crippen LogP contribution in [0.25, 0.3) is 0 Å². The number of nitrogens with one attached hydrogen (secondary N) is 2. The van der Waals surface area contributed by atoms with Gasteiger partial charge >= 0.3 is 5.69 Å². The first-order valence-corrected chi connectivity index (χ1v) is 6.42. The minimum Gasteiger partial charge on any atom is -0.356 e. The van der Waals surface area contributed by atoms with Crippen molar-refractivity contribution in [1.82, 2.24) is 15.3 Å². The lowest BCUT2D eigenvalue weighted by atomic mass is 10.1. The normalized spacial score (nSPS) is 20.1. The Morgan fingerprint density at radius 1 is 1.12 bits per heavy atom. The zero-order valence-corrected chi connectivity index (χ0v) is 9.96. The number of H-pyrrole nitrogens is 1. The molecule has 0 radical (unpaired) electrons. The Morgan fingerprint density at radius 3 is 2.71 bits per heavy atom. The van der Waals surface area contributed by atoms with Gasteiger partial charge in [-0.3, -0.25) is 0 Å². The number of anilines is 1. The molecule has 17 heavy (non-hydrogen) atoms. The van der Waals surface area contributed by atoms with E-state index in [1.54, 1.807) is 0 Å². The first-order valence-electron chi connectivity index (χ1n) is 6.42. The molecule has 5 heteroatoms. The van der Waals surface area contributed by atoms with Crippen molar-refractivity contribution in [3.63, 3.8) is 0 Å². The first-order chi connectivity index (χ1) is 8.34. The largest absolute Gasteiger partial charge is 0.356 e. The van der Waals surface area contributed by atoms with Gasteiger partial charge in [0.1, 0.15) is 5.82 Å². The molecule has 0 amide bonds. The average Bonchev–Trinajstić information content (AvgIpc) is 2.74. The van der Waals surface area contributed by atoms with E-state index in [0.717, 1.165) is 50.5 Å². The van der Waals surface area contributed by atoms with Crippen LogP contribution >= 0.6 is 0 Å². The van der Waals surface area contributed by atoms with Crippen LogP contribution in [0.15, 0.2) is 4.79 Å². The lowest BCUT2D eigenvalue weighted by Crippen LogP contribution is -2.27. The highest BCUT2D eigenvalue weighted by atomic mass is 16.1. The smallest absolute Gasteiger partial charge is 0.347 e. The van der Waals surface area contributed by atoms with Crippen molar-refractivity contribution in [3.8, 4) is 0 Å². The lowest BCUT2D eigenvalue weighted by Gasteiger charge is -2.20. The summed E-state index contributed by atoms with van der Waals surface area (Å²) in [5, 5.41) is 3.36. The number of hydrogen-bond acceptors (Lipinski definition) is 4. The van der Waals surface area contributed by atoms with Gasteiger partial charge in [-0.25, -0.2) is 4.79 Å². The Balaban J connectivity index is 2.06. The summed E-state index contributed by atoms with van der Waals surface area (Å²) in [6.07, 6.45) is 4.28. The molecule has 0 atom stereocenters. The maximum absolute atomic E-state index is 11.6. The van der Waals surface area contributed by atoms with Gasteiger partial charge in [-0.2, -0.15) is 4.98 Å². The van der Waals surface area contributed by atoms with E-state index < -0.39 is 0 Å². The molecule has 2 N–H and O–H groups in total. The van der Waals surface area contributed by atoms with E-state index in [-0.39, 0.29) is 5.69 Å². The zero-order valence-electron chi connectivity index (χ0n) is 9.96. The van der Waals surface area contributed by atoms with E-state index in [1.807, 2.05) is 0 Å². The maximum atomic E-state index is 11.6. The van der Waals surface area contributed by atoms with Gasteiger partial charge in [0.2, 0.25) is 0 Å². The van der Waals surface area contributed by atoms with Crippen molar-refractivity contribution < 1.29 is 0 Å². The lowest BCUT2D eigenvalue weighted by molar-refractivity contribution is 0.708. The van der Waals surface area contributed by atoms with Gasteiger partial charge < -0.3 is 15.2 Å². The van der Waals surface area contributed by atoms with Crippen LogP contribution in [0.5, 0.6) is 0 Å². The van der Waals surface area contributed by atoms with Crippen molar-refractivity contribution in [1.29, 1.82) is 0 Å². The molecule has 3 heterocycles. The van der Waals surface area contributed by atoms with Crippen LogP contribution in [0.1, 0.15) is 24.1 Å². The number of aromatic amines is 1. The summed E-state index contributed by atoms with van der Waals surface area (Å²) < 4.78 is 0. The summed E-state index contributed by atoms with van der Waals surface area (Å²) in [6, 6.07) is 0. The third-order valence-electron chi connectivity index (χ3n) is 3.61. The summed E-state index contributed by atoms with van der Waals surface area (Å²) in [5.74, 6) is 0.935. The van der Waals surface area contributed by atoms with E-state index in [2.05, 4.69) is 20.2 Å². The second-order valence-corrected chi connectivity index (χ2v) is 4.77. The topological polar surface area (TPSA) is 61.0 Å². The molecular formula is C12H18N4O. The van der Waals surface area contributed by atoms with Crippen LogP contribution in [0.3, 0.4) is 0 Å². The minimum absolute atomic E-state index is 0.201. The Morgan fingerprint density at radius 2 is 1.88 bits per heavy atom. The number of fused-ring (bicyclic) bond motifs is 1. The number of aromatic nitrogens is 2. The van der Waals surface area contributed by atoms with E-state index in [0.29, 0.717) is 0 Å². The summed E-state index contributed by atoms with van der Waals surface area (Å²) in [6.45, 7) is 3.99. The van der Waals surface area contributed by atoms with Gasteiger partial charge in [0.25, 0.3) is 0 Å². The molecule has 0 bridgehead atoms. The molecule has 0 aliphatic carbocycles. The fraction of sp³-hybridized carbons (Fsp3) is 0.667. The SMILES string of the molecule is O=c1nc(N2CCCC2)c2c([nH]1)CCNCC2. The molecule has 2 aliphatic heterocycles. The molecule has 2 aliphatic rings. The molecule has 0 spiro atoms. The Hall–Kier alpha value is -1.36. The summed E-state index contributed by atoms with van der Waals surface area (Å²) in [4.78, 5) is 21.0. The Labute approximate surface area is 100 Å². The van der Waals surface area contributed by atoms with Crippen molar-refractivity contribution >= 4 is 5.82 Å². The van der Waals surface area contributed by atoms with Gasteiger partial charge in [-0.1, -0.05) is 0 Å². The maximum Gasteiger partial charge on any atom is 0.347 e. The molecule has 0 unspecified atom stereocenters. The quantitative estimate of drug-likeness (QED) is 0.721. The van der Waals surface area contributed by atoms with E-state index >= 15 is 0 Å². The third-order valence-corrected chi connectivity index (χ3v) is 3.61. The predicted octanol–water partition coefficient (Wildman–Crippen LogP) is 0.0583. The molecule has 1 saturated heterocycles. The highest BCUT2D eigenvalue weighted by Crippen LogP contribution is 2.24. The van der Waals surface area contributed by atoms with Crippen LogP contribution in [0.4, 0.5) is 5.82 Å². The van der Waals surface area contributed by atoms with Gasteiger partial charge in [-0.15, -0.1) is 0 Å². The number of nitrogens with zero attached hydrogens (tertiary/aromatic N) is 2. The summed E-state index contributed by atoms with van der Waals surface area (Å²) in [5.41, 5.74) is 2.13. The first kappa shape index (κ1) is 10.8. The minimum atomic E-state index is -0.201. The second kappa shape index (κ2) is 4.49. The molecule has 5 nitrogen and oxygen atoms in total. The van der Waals surface area contributed by atoms with Crippen LogP contribution in [0, 0.1) is 0 Å². The zero-order chi connectivity index (χ0) is 11.7. The number of hydrogen-bond donors (Lipinski definition) is 2. The second-order valence-electron chi connectivity index (χ2n) is 4.77. The molecule has 92 valence electrons. The van der Waals surface area contributed by atoms with Crippen LogP contribution in [-0.2, 0) is 12.8 Å². The molecule has 1 fully saturated rings. The standard InChI is InChI=1S/C12H18N4O/c17-12-14-10-4-6-13-5-3-9(10)11(15-12)16-7-1-2-8-16/h13H,1-8H2,(H,14,15,17). The van der Waals surface area contributed by atoms with Crippen LogP contribution in [-0.4, -0.2) is 36.1 Å².